The monoisotopic (exact) mass is 192 g/mol. The van der Waals surface area contributed by atoms with E-state index < -0.39 is 13.1 Å². The summed E-state index contributed by atoms with van der Waals surface area (Å²) in [5, 5.41) is 8.57. The molecule has 0 aromatic rings. The van der Waals surface area contributed by atoms with Gasteiger partial charge in [0.25, 0.3) is 0 Å². The predicted octanol–water partition coefficient (Wildman–Crippen LogP) is 2.25. The summed E-state index contributed by atoms with van der Waals surface area (Å²) in [6.07, 6.45) is -0.178. The smallest absolute Gasteiger partial charge is 0.310 e. The van der Waals surface area contributed by atoms with E-state index >= 15 is 0 Å². The Labute approximate surface area is 73.5 Å². The lowest BCUT2D eigenvalue weighted by Gasteiger charge is -2.23. The Bertz CT molecular complexity index is 196. The van der Waals surface area contributed by atoms with Gasteiger partial charge in [0.1, 0.15) is 7.14 Å². The molecule has 72 valence electrons. The van der Waals surface area contributed by atoms with Gasteiger partial charge in [0.05, 0.1) is 6.16 Å². The predicted molar refractivity (Wildman–Crippen MR) is 50.4 cm³/mol. The van der Waals surface area contributed by atoms with Gasteiger partial charge in [-0.1, -0.05) is 27.7 Å². The Morgan fingerprint density at radius 1 is 1.25 bits per heavy atom. The number of carboxylic acids is 1. The van der Waals surface area contributed by atoms with Crippen LogP contribution >= 0.6 is 7.14 Å². The van der Waals surface area contributed by atoms with Crippen LogP contribution in [0.2, 0.25) is 0 Å². The van der Waals surface area contributed by atoms with E-state index in [-0.39, 0.29) is 17.5 Å². The molecule has 0 unspecified atom stereocenters. The Balaban J connectivity index is 4.64. The van der Waals surface area contributed by atoms with Crippen LogP contribution in [0.25, 0.3) is 0 Å². The molecule has 0 aromatic carbocycles. The third kappa shape index (κ3) is 2.63. The van der Waals surface area contributed by atoms with Crippen molar-refractivity contribution in [2.75, 3.05) is 6.16 Å². The van der Waals surface area contributed by atoms with Gasteiger partial charge in [-0.15, -0.1) is 0 Å². The molecule has 3 nitrogen and oxygen atoms in total. The Kier molecular flexibility index (Phi) is 3.98. The maximum atomic E-state index is 12.0. The number of carbonyl (C=O) groups is 1. The molecule has 0 heterocycles. The van der Waals surface area contributed by atoms with Gasteiger partial charge in [-0.3, -0.25) is 4.79 Å². The van der Waals surface area contributed by atoms with E-state index in [2.05, 4.69) is 0 Å². The molecule has 0 atom stereocenters. The quantitative estimate of drug-likeness (QED) is 0.695. The molecule has 0 aliphatic rings. The zero-order valence-corrected chi connectivity index (χ0v) is 8.97. The highest BCUT2D eigenvalue weighted by Crippen LogP contribution is 2.54. The van der Waals surface area contributed by atoms with Gasteiger partial charge in [0.15, 0.2) is 0 Å². The van der Waals surface area contributed by atoms with E-state index in [1.54, 1.807) is 0 Å². The van der Waals surface area contributed by atoms with Crippen molar-refractivity contribution in [1.82, 2.24) is 0 Å². The standard InChI is InChI=1S/C8H17O3P/c1-6(2)12(11,7(3)4)5-8(9)10/h6-7H,5H2,1-4H3,(H,9,10). The molecule has 0 aromatic heterocycles. The Morgan fingerprint density at radius 3 is 1.67 bits per heavy atom. The highest BCUT2D eigenvalue weighted by Gasteiger charge is 2.32. The van der Waals surface area contributed by atoms with Crippen LogP contribution in [-0.2, 0) is 9.36 Å². The third-order valence-corrected chi connectivity index (χ3v) is 6.39. The minimum Gasteiger partial charge on any atom is -0.481 e. The molecule has 0 aliphatic heterocycles. The topological polar surface area (TPSA) is 54.4 Å². The number of hydrogen-bond acceptors (Lipinski definition) is 2. The lowest BCUT2D eigenvalue weighted by Crippen LogP contribution is -2.16. The Morgan fingerprint density at radius 2 is 1.58 bits per heavy atom. The third-order valence-electron chi connectivity index (χ3n) is 2.13. The second-order valence-electron chi connectivity index (χ2n) is 3.59. The fourth-order valence-electron chi connectivity index (χ4n) is 1.17. The molecular weight excluding hydrogens is 175 g/mol. The lowest BCUT2D eigenvalue weighted by molar-refractivity contribution is -0.134. The fourth-order valence-corrected chi connectivity index (χ4v) is 3.52. The molecule has 0 fully saturated rings. The van der Waals surface area contributed by atoms with Crippen molar-refractivity contribution in [2.45, 2.75) is 39.0 Å². The van der Waals surface area contributed by atoms with E-state index in [0.717, 1.165) is 0 Å². The molecule has 0 rings (SSSR count). The SMILES string of the molecule is CC(C)P(=O)(CC(=O)O)C(C)C. The molecular formula is C8H17O3P. The molecule has 12 heavy (non-hydrogen) atoms. The van der Waals surface area contributed by atoms with Crippen molar-refractivity contribution >= 4 is 13.1 Å². The van der Waals surface area contributed by atoms with Crippen LogP contribution in [-0.4, -0.2) is 28.6 Å². The van der Waals surface area contributed by atoms with E-state index in [0.29, 0.717) is 0 Å². The Hall–Kier alpha value is -0.300. The maximum Gasteiger partial charge on any atom is 0.310 e. The van der Waals surface area contributed by atoms with Crippen LogP contribution in [0.4, 0.5) is 0 Å². The molecule has 0 saturated carbocycles. The minimum absolute atomic E-state index is 0.0337. The van der Waals surface area contributed by atoms with Crippen molar-refractivity contribution in [3.63, 3.8) is 0 Å². The van der Waals surface area contributed by atoms with Crippen LogP contribution in [0.1, 0.15) is 27.7 Å². The molecule has 4 heteroatoms. The second-order valence-corrected chi connectivity index (χ2v) is 7.68. The average Bonchev–Trinajstić information content (AvgIpc) is 1.84. The molecule has 0 amide bonds. The highest BCUT2D eigenvalue weighted by molar-refractivity contribution is 7.66. The number of carboxylic acid groups (broad SMARTS) is 1. The number of rotatable bonds is 4. The van der Waals surface area contributed by atoms with E-state index in [1.807, 2.05) is 27.7 Å². The summed E-state index contributed by atoms with van der Waals surface area (Å²) in [6.45, 7) is 7.29. The summed E-state index contributed by atoms with van der Waals surface area (Å²) >= 11 is 0. The summed E-state index contributed by atoms with van der Waals surface area (Å²) < 4.78 is 12.0. The van der Waals surface area contributed by atoms with Gasteiger partial charge in [0, 0.05) is 11.3 Å². The van der Waals surface area contributed by atoms with Crippen LogP contribution in [0, 0.1) is 0 Å². The van der Waals surface area contributed by atoms with Crippen LogP contribution < -0.4 is 0 Å². The summed E-state index contributed by atoms with van der Waals surface area (Å²) in [5.74, 6) is -0.958. The summed E-state index contributed by atoms with van der Waals surface area (Å²) in [7, 11) is -2.52. The van der Waals surface area contributed by atoms with Gasteiger partial charge in [-0.2, -0.15) is 0 Å². The molecule has 0 radical (unpaired) electrons. The first kappa shape index (κ1) is 11.7. The average molecular weight is 192 g/mol. The molecule has 0 saturated heterocycles. The van der Waals surface area contributed by atoms with Gasteiger partial charge >= 0.3 is 5.97 Å². The zero-order chi connectivity index (χ0) is 9.94. The first-order chi connectivity index (χ1) is 5.30. The minimum atomic E-state index is -2.52. The van der Waals surface area contributed by atoms with Gasteiger partial charge in [-0.25, -0.2) is 0 Å². The van der Waals surface area contributed by atoms with Crippen LogP contribution in [0.3, 0.4) is 0 Å². The van der Waals surface area contributed by atoms with Gasteiger partial charge in [-0.05, 0) is 0 Å². The lowest BCUT2D eigenvalue weighted by atomic mass is 10.5. The first-order valence-corrected chi connectivity index (χ1v) is 6.14. The fraction of sp³-hybridized carbons (Fsp3) is 0.875. The van der Waals surface area contributed by atoms with Crippen molar-refractivity contribution in [3.8, 4) is 0 Å². The van der Waals surface area contributed by atoms with Crippen molar-refractivity contribution in [1.29, 1.82) is 0 Å². The van der Waals surface area contributed by atoms with Crippen molar-refractivity contribution in [2.24, 2.45) is 0 Å². The van der Waals surface area contributed by atoms with Crippen LogP contribution in [0.5, 0.6) is 0 Å². The number of aliphatic carboxylic acids is 1. The van der Waals surface area contributed by atoms with Crippen molar-refractivity contribution in [3.05, 3.63) is 0 Å². The van der Waals surface area contributed by atoms with Crippen LogP contribution in [0.15, 0.2) is 0 Å². The largest absolute Gasteiger partial charge is 0.481 e. The first-order valence-electron chi connectivity index (χ1n) is 4.11. The summed E-state index contributed by atoms with van der Waals surface area (Å²) in [4.78, 5) is 10.5. The van der Waals surface area contributed by atoms with Gasteiger partial charge in [0.2, 0.25) is 0 Å². The zero-order valence-electron chi connectivity index (χ0n) is 8.07. The molecule has 0 bridgehead atoms. The summed E-state index contributed by atoms with van der Waals surface area (Å²) in [5.41, 5.74) is -0.0674. The molecule has 1 N–H and O–H groups in total. The second kappa shape index (κ2) is 4.08. The summed E-state index contributed by atoms with van der Waals surface area (Å²) in [6, 6.07) is 0. The molecule has 0 aliphatic carbocycles. The normalized spacial score (nSPS) is 12.5. The maximum absolute atomic E-state index is 12.0. The number of hydrogen-bond donors (Lipinski definition) is 1. The van der Waals surface area contributed by atoms with E-state index in [1.165, 1.54) is 0 Å². The highest BCUT2D eigenvalue weighted by atomic mass is 31.2. The van der Waals surface area contributed by atoms with Crippen molar-refractivity contribution < 1.29 is 14.5 Å². The molecule has 0 spiro atoms. The van der Waals surface area contributed by atoms with E-state index in [9.17, 15) is 9.36 Å². The van der Waals surface area contributed by atoms with E-state index in [4.69, 9.17) is 5.11 Å². The van der Waals surface area contributed by atoms with Gasteiger partial charge < -0.3 is 9.67 Å².